The van der Waals surface area contributed by atoms with Crippen LogP contribution in [0.25, 0.3) is 0 Å². The maximum absolute atomic E-state index is 12.6. The van der Waals surface area contributed by atoms with E-state index in [4.69, 9.17) is 0 Å². The van der Waals surface area contributed by atoms with E-state index in [1.807, 2.05) is 30.3 Å². The Kier molecular flexibility index (Phi) is 3.96. The molecule has 4 rings (SSSR count). The summed E-state index contributed by atoms with van der Waals surface area (Å²) in [6, 6.07) is 9.61. The summed E-state index contributed by atoms with van der Waals surface area (Å²) < 4.78 is 0. The lowest BCUT2D eigenvalue weighted by molar-refractivity contribution is -0.191. The molecule has 0 radical (unpaired) electrons. The highest BCUT2D eigenvalue weighted by atomic mass is 16.3. The van der Waals surface area contributed by atoms with Crippen LogP contribution in [0.5, 0.6) is 0 Å². The van der Waals surface area contributed by atoms with E-state index in [-0.39, 0.29) is 30.4 Å². The largest absolute Gasteiger partial charge is 0.394 e. The zero-order valence-electron chi connectivity index (χ0n) is 14.4. The number of carbonyl (C=O) groups is 2. The Morgan fingerprint density at radius 2 is 1.96 bits per heavy atom. The van der Waals surface area contributed by atoms with E-state index < -0.39 is 5.54 Å². The molecule has 2 aromatic rings. The number of hydrogen-bond acceptors (Lipinski definition) is 5. The fourth-order valence-electron chi connectivity index (χ4n) is 4.51. The summed E-state index contributed by atoms with van der Waals surface area (Å²) in [5.41, 5.74) is 0.917. The molecular formula is C19H20N4O3. The number of rotatable bonds is 3. The fraction of sp³-hybridized carbons (Fsp3) is 0.368. The molecule has 1 aromatic carbocycles. The Morgan fingerprint density at radius 1 is 1.23 bits per heavy atom. The Morgan fingerprint density at radius 3 is 2.54 bits per heavy atom. The number of benzene rings is 1. The third-order valence-electron chi connectivity index (χ3n) is 5.46. The number of hydrogen-bond donors (Lipinski definition) is 1. The summed E-state index contributed by atoms with van der Waals surface area (Å²) >= 11 is 0. The van der Waals surface area contributed by atoms with Crippen molar-refractivity contribution in [3.05, 3.63) is 60.2 Å². The van der Waals surface area contributed by atoms with Crippen LogP contribution in [0.15, 0.2) is 48.9 Å². The van der Waals surface area contributed by atoms with E-state index in [0.29, 0.717) is 18.8 Å². The Hall–Kier alpha value is -2.80. The monoisotopic (exact) mass is 352 g/mol. The van der Waals surface area contributed by atoms with Crippen molar-refractivity contribution < 1.29 is 14.7 Å². The van der Waals surface area contributed by atoms with Gasteiger partial charge in [0.25, 0.3) is 5.91 Å². The van der Waals surface area contributed by atoms with Crippen LogP contribution < -0.4 is 0 Å². The van der Waals surface area contributed by atoms with Crippen molar-refractivity contribution in [3.63, 3.8) is 0 Å². The molecule has 0 unspecified atom stereocenters. The molecule has 26 heavy (non-hydrogen) atoms. The van der Waals surface area contributed by atoms with Crippen molar-refractivity contribution >= 4 is 11.8 Å². The number of nitrogens with zero attached hydrogens (tertiary/aromatic N) is 4. The van der Waals surface area contributed by atoms with E-state index in [0.717, 1.165) is 5.56 Å². The number of aromatic nitrogens is 2. The second kappa shape index (κ2) is 6.17. The molecule has 2 saturated heterocycles. The molecule has 2 fully saturated rings. The maximum atomic E-state index is 12.6. The van der Waals surface area contributed by atoms with E-state index in [9.17, 15) is 14.7 Å². The summed E-state index contributed by atoms with van der Waals surface area (Å²) in [5, 5.41) is 9.85. The van der Waals surface area contributed by atoms with Gasteiger partial charge >= 0.3 is 0 Å². The second-order valence-corrected chi connectivity index (χ2v) is 6.88. The standard InChI is InChI=1S/C19H20N4O3/c1-13(25)23-16(10-24)17(14-5-3-2-4-6-14)19(23)11-22(12-19)18(26)15-9-20-7-8-21-15/h2-9,16-17,24H,10-12H2,1H3/t16-,17-/m1/s1. The summed E-state index contributed by atoms with van der Waals surface area (Å²) in [4.78, 5) is 36.2. The highest BCUT2D eigenvalue weighted by Crippen LogP contribution is 2.53. The molecular weight excluding hydrogens is 332 g/mol. The van der Waals surface area contributed by atoms with Crippen molar-refractivity contribution in [2.45, 2.75) is 24.4 Å². The number of amides is 2. The number of carbonyl (C=O) groups excluding carboxylic acids is 2. The van der Waals surface area contributed by atoms with Gasteiger partial charge in [-0.1, -0.05) is 30.3 Å². The number of likely N-dealkylation sites (tertiary alicyclic amines) is 2. The molecule has 0 saturated carbocycles. The average molecular weight is 352 g/mol. The molecule has 2 aliphatic heterocycles. The predicted octanol–water partition coefficient (Wildman–Crippen LogP) is 0.678. The molecule has 0 bridgehead atoms. The lowest BCUT2D eigenvalue weighted by Gasteiger charge is -2.70. The van der Waals surface area contributed by atoms with Crippen LogP contribution in [0.3, 0.4) is 0 Å². The third-order valence-corrected chi connectivity index (χ3v) is 5.46. The third kappa shape index (κ3) is 2.31. The molecule has 2 atom stereocenters. The van der Waals surface area contributed by atoms with Gasteiger partial charge < -0.3 is 14.9 Å². The first-order valence-corrected chi connectivity index (χ1v) is 8.59. The summed E-state index contributed by atoms with van der Waals surface area (Å²) in [7, 11) is 0. The van der Waals surface area contributed by atoms with E-state index in [1.54, 1.807) is 9.80 Å². The van der Waals surface area contributed by atoms with Crippen LogP contribution in [-0.4, -0.2) is 68.0 Å². The van der Waals surface area contributed by atoms with Crippen LogP contribution in [0.4, 0.5) is 0 Å². The highest BCUT2D eigenvalue weighted by molar-refractivity contribution is 5.93. The lowest BCUT2D eigenvalue weighted by atomic mass is 9.60. The first-order chi connectivity index (χ1) is 12.6. The SMILES string of the molecule is CC(=O)N1[C@H](CO)[C@@H](c2ccccc2)C12CN(C(=O)c1cnccn1)C2. The smallest absolute Gasteiger partial charge is 0.274 e. The molecule has 2 aliphatic rings. The zero-order valence-corrected chi connectivity index (χ0v) is 14.4. The maximum Gasteiger partial charge on any atom is 0.274 e. The Bertz CT molecular complexity index is 821. The van der Waals surface area contributed by atoms with E-state index in [2.05, 4.69) is 9.97 Å². The molecule has 1 N–H and O–H groups in total. The van der Waals surface area contributed by atoms with Gasteiger partial charge in [-0.2, -0.15) is 0 Å². The first kappa shape index (κ1) is 16.7. The van der Waals surface area contributed by atoms with Crippen molar-refractivity contribution in [2.75, 3.05) is 19.7 Å². The van der Waals surface area contributed by atoms with Crippen molar-refractivity contribution in [1.29, 1.82) is 0 Å². The van der Waals surface area contributed by atoms with Gasteiger partial charge in [-0.15, -0.1) is 0 Å². The van der Waals surface area contributed by atoms with Crippen LogP contribution in [-0.2, 0) is 4.79 Å². The fourth-order valence-corrected chi connectivity index (χ4v) is 4.51. The molecule has 0 aliphatic carbocycles. The van der Waals surface area contributed by atoms with Crippen LogP contribution in [0.1, 0.15) is 28.9 Å². The zero-order chi connectivity index (χ0) is 18.3. The normalized spacial score (nSPS) is 23.3. The first-order valence-electron chi connectivity index (χ1n) is 8.59. The summed E-state index contributed by atoms with van der Waals surface area (Å²) in [6.45, 7) is 2.27. The minimum Gasteiger partial charge on any atom is -0.394 e. The summed E-state index contributed by atoms with van der Waals surface area (Å²) in [5.74, 6) is -0.266. The quantitative estimate of drug-likeness (QED) is 0.878. The van der Waals surface area contributed by atoms with E-state index >= 15 is 0 Å². The van der Waals surface area contributed by atoms with Crippen molar-refractivity contribution in [2.24, 2.45) is 0 Å². The molecule has 1 spiro atoms. The van der Waals surface area contributed by atoms with Crippen molar-refractivity contribution in [3.8, 4) is 0 Å². The van der Waals surface area contributed by atoms with Crippen LogP contribution in [0.2, 0.25) is 0 Å². The van der Waals surface area contributed by atoms with Gasteiger partial charge in [0.2, 0.25) is 5.91 Å². The highest BCUT2D eigenvalue weighted by Gasteiger charge is 2.67. The van der Waals surface area contributed by atoms with E-state index in [1.165, 1.54) is 25.5 Å². The molecule has 1 aromatic heterocycles. The molecule has 7 nitrogen and oxygen atoms in total. The molecule has 134 valence electrons. The summed E-state index contributed by atoms with van der Waals surface area (Å²) in [6.07, 6.45) is 4.46. The van der Waals surface area contributed by atoms with Gasteiger partial charge in [-0.3, -0.25) is 14.6 Å². The minimum atomic E-state index is -0.460. The number of aliphatic hydroxyl groups is 1. The molecule has 2 amide bonds. The average Bonchev–Trinajstić information content (AvgIpc) is 2.61. The Labute approximate surface area is 151 Å². The van der Waals surface area contributed by atoms with Crippen LogP contribution in [0, 0.1) is 0 Å². The van der Waals surface area contributed by atoms with Gasteiger partial charge in [-0.05, 0) is 5.56 Å². The van der Waals surface area contributed by atoms with Gasteiger partial charge in [0, 0.05) is 38.3 Å². The van der Waals surface area contributed by atoms with Gasteiger partial charge in [0.1, 0.15) is 5.69 Å². The van der Waals surface area contributed by atoms with Crippen molar-refractivity contribution in [1.82, 2.24) is 19.8 Å². The molecule has 3 heterocycles. The van der Waals surface area contributed by atoms with Gasteiger partial charge in [0.05, 0.1) is 24.4 Å². The number of aliphatic hydroxyl groups excluding tert-OH is 1. The second-order valence-electron chi connectivity index (χ2n) is 6.88. The van der Waals surface area contributed by atoms with Crippen LogP contribution >= 0.6 is 0 Å². The minimum absolute atomic E-state index is 0.00325. The predicted molar refractivity (Wildman–Crippen MR) is 93.2 cm³/mol. The van der Waals surface area contributed by atoms with Gasteiger partial charge in [-0.25, -0.2) is 4.98 Å². The molecule has 7 heteroatoms. The lowest BCUT2D eigenvalue weighted by Crippen LogP contribution is -2.85. The topological polar surface area (TPSA) is 86.6 Å². The Balaban J connectivity index is 1.61. The van der Waals surface area contributed by atoms with Gasteiger partial charge in [0.15, 0.2) is 0 Å².